The minimum absolute atomic E-state index is 0.278. The van der Waals surface area contributed by atoms with Crippen molar-refractivity contribution >= 4 is 33.5 Å². The summed E-state index contributed by atoms with van der Waals surface area (Å²) in [5, 5.41) is 2.41. The van der Waals surface area contributed by atoms with Crippen molar-refractivity contribution in [2.75, 3.05) is 0 Å². The maximum Gasteiger partial charge on any atom is 0.0412 e. The molecule has 0 aliphatic carbocycles. The van der Waals surface area contributed by atoms with Crippen LogP contribution in [0.1, 0.15) is 0 Å². The van der Waals surface area contributed by atoms with E-state index in [4.69, 9.17) is 11.6 Å². The smallest absolute Gasteiger partial charge is 0.0412 e. The van der Waals surface area contributed by atoms with E-state index in [-0.39, 0.29) is 4.90 Å². The molecule has 0 amide bonds. The van der Waals surface area contributed by atoms with Gasteiger partial charge in [-0.2, -0.15) is 0 Å². The Kier molecular flexibility index (Phi) is 2.54. The number of halogens is 1. The van der Waals surface area contributed by atoms with Crippen LogP contribution in [0.5, 0.6) is 0 Å². The van der Waals surface area contributed by atoms with Gasteiger partial charge in [-0.1, -0.05) is 23.7 Å². The first kappa shape index (κ1) is 9.65. The van der Waals surface area contributed by atoms with Gasteiger partial charge in [-0.15, -0.1) is 0 Å². The van der Waals surface area contributed by atoms with E-state index in [9.17, 15) is 8.76 Å². The molecule has 2 aromatic carbocycles. The second-order valence-corrected chi connectivity index (χ2v) is 4.27. The number of fused-ring (bicyclic) bond motifs is 1. The van der Waals surface area contributed by atoms with Gasteiger partial charge in [0.05, 0.1) is 0 Å². The van der Waals surface area contributed by atoms with Crippen molar-refractivity contribution in [2.24, 2.45) is 0 Å². The number of benzene rings is 2. The maximum absolute atomic E-state index is 10.7. The largest absolute Gasteiger partial charge is 0.768 e. The molecule has 0 fully saturated rings. The molecule has 0 N–H and O–H groups in total. The topological polar surface area (TPSA) is 40.1 Å². The monoisotopic (exact) mass is 225 g/mol. The summed E-state index contributed by atoms with van der Waals surface area (Å²) in [5.74, 6) is 0. The fourth-order valence-electron chi connectivity index (χ4n) is 1.30. The lowest BCUT2D eigenvalue weighted by molar-refractivity contribution is 0.537. The molecular formula is C10H6ClO2S-. The standard InChI is InChI=1S/C10H7ClO2S/c11-9-3-1-7-2-4-10(14(12)13)6-8(7)5-9/h1-6H,(H,12,13)/p-1. The van der Waals surface area contributed by atoms with Crippen LogP contribution in [-0.4, -0.2) is 8.76 Å². The van der Waals surface area contributed by atoms with Crippen LogP contribution >= 0.6 is 11.6 Å². The van der Waals surface area contributed by atoms with Gasteiger partial charge in [-0.05, 0) is 46.1 Å². The number of hydrogen-bond donors (Lipinski definition) is 0. The van der Waals surface area contributed by atoms with E-state index in [1.165, 1.54) is 0 Å². The van der Waals surface area contributed by atoms with E-state index in [0.29, 0.717) is 5.02 Å². The lowest BCUT2D eigenvalue weighted by Gasteiger charge is -2.06. The lowest BCUT2D eigenvalue weighted by atomic mass is 10.1. The SMILES string of the molecule is O=S([O-])c1ccc2ccc(Cl)cc2c1. The van der Waals surface area contributed by atoms with Crippen LogP contribution in [0.25, 0.3) is 10.8 Å². The molecular weight excluding hydrogens is 220 g/mol. The minimum atomic E-state index is -2.18. The van der Waals surface area contributed by atoms with Gasteiger partial charge in [-0.25, -0.2) is 0 Å². The van der Waals surface area contributed by atoms with E-state index in [1.54, 1.807) is 30.3 Å². The Balaban J connectivity index is 2.69. The molecule has 0 heterocycles. The Bertz CT molecular complexity index is 510. The Morgan fingerprint density at radius 1 is 1.07 bits per heavy atom. The first-order valence-corrected chi connectivity index (χ1v) is 5.41. The zero-order valence-electron chi connectivity index (χ0n) is 7.07. The third kappa shape index (κ3) is 1.80. The molecule has 2 rings (SSSR count). The fraction of sp³-hybridized carbons (Fsp3) is 0. The normalized spacial score (nSPS) is 13.0. The highest BCUT2D eigenvalue weighted by molar-refractivity contribution is 7.79. The predicted octanol–water partition coefficient (Wildman–Crippen LogP) is 2.73. The highest BCUT2D eigenvalue weighted by atomic mass is 35.5. The molecule has 4 heteroatoms. The molecule has 0 saturated heterocycles. The molecule has 0 bridgehead atoms. The highest BCUT2D eigenvalue weighted by Gasteiger charge is 1.97. The first-order chi connectivity index (χ1) is 6.66. The predicted molar refractivity (Wildman–Crippen MR) is 56.1 cm³/mol. The van der Waals surface area contributed by atoms with Crippen molar-refractivity contribution in [1.29, 1.82) is 0 Å². The van der Waals surface area contributed by atoms with Gasteiger partial charge in [0.15, 0.2) is 0 Å². The second kappa shape index (κ2) is 3.69. The molecule has 0 aliphatic heterocycles. The zero-order chi connectivity index (χ0) is 10.1. The van der Waals surface area contributed by atoms with Crippen molar-refractivity contribution in [2.45, 2.75) is 4.90 Å². The van der Waals surface area contributed by atoms with Crippen LogP contribution in [0.15, 0.2) is 41.3 Å². The van der Waals surface area contributed by atoms with Gasteiger partial charge in [0.25, 0.3) is 0 Å². The van der Waals surface area contributed by atoms with Crippen molar-refractivity contribution in [3.05, 3.63) is 41.4 Å². The van der Waals surface area contributed by atoms with E-state index < -0.39 is 11.1 Å². The van der Waals surface area contributed by atoms with Crippen molar-refractivity contribution in [3.8, 4) is 0 Å². The van der Waals surface area contributed by atoms with Crippen LogP contribution in [0.4, 0.5) is 0 Å². The summed E-state index contributed by atoms with van der Waals surface area (Å²) in [6.07, 6.45) is 0. The molecule has 14 heavy (non-hydrogen) atoms. The zero-order valence-corrected chi connectivity index (χ0v) is 8.64. The first-order valence-electron chi connectivity index (χ1n) is 3.95. The van der Waals surface area contributed by atoms with Crippen LogP contribution in [0.3, 0.4) is 0 Å². The maximum atomic E-state index is 10.7. The van der Waals surface area contributed by atoms with Gasteiger partial charge in [-0.3, -0.25) is 4.21 Å². The molecule has 0 spiro atoms. The van der Waals surface area contributed by atoms with Crippen molar-refractivity contribution in [3.63, 3.8) is 0 Å². The summed E-state index contributed by atoms with van der Waals surface area (Å²) < 4.78 is 21.4. The van der Waals surface area contributed by atoms with Gasteiger partial charge in [0, 0.05) is 9.92 Å². The van der Waals surface area contributed by atoms with E-state index in [1.807, 2.05) is 6.07 Å². The van der Waals surface area contributed by atoms with Gasteiger partial charge >= 0.3 is 0 Å². The number of hydrogen-bond acceptors (Lipinski definition) is 2. The Morgan fingerprint density at radius 2 is 1.79 bits per heavy atom. The van der Waals surface area contributed by atoms with Crippen molar-refractivity contribution < 1.29 is 8.76 Å². The van der Waals surface area contributed by atoms with E-state index >= 15 is 0 Å². The van der Waals surface area contributed by atoms with Crippen LogP contribution < -0.4 is 0 Å². The van der Waals surface area contributed by atoms with Crippen LogP contribution in [0, 0.1) is 0 Å². The Hall–Kier alpha value is -0.900. The van der Waals surface area contributed by atoms with Crippen molar-refractivity contribution in [1.82, 2.24) is 0 Å². The summed E-state index contributed by atoms with van der Waals surface area (Å²) in [4.78, 5) is 0.278. The third-order valence-corrected chi connectivity index (χ3v) is 2.84. The average molecular weight is 226 g/mol. The van der Waals surface area contributed by atoms with Crippen LogP contribution in [-0.2, 0) is 11.1 Å². The summed E-state index contributed by atoms with van der Waals surface area (Å²) in [5.41, 5.74) is 0. The molecule has 72 valence electrons. The molecule has 1 atom stereocenters. The van der Waals surface area contributed by atoms with Gasteiger partial charge in [0.2, 0.25) is 0 Å². The number of rotatable bonds is 1. The molecule has 0 radical (unpaired) electrons. The molecule has 0 saturated carbocycles. The Labute approximate surface area is 88.8 Å². The van der Waals surface area contributed by atoms with E-state index in [2.05, 4.69) is 0 Å². The van der Waals surface area contributed by atoms with Gasteiger partial charge < -0.3 is 4.55 Å². The lowest BCUT2D eigenvalue weighted by Crippen LogP contribution is -1.87. The highest BCUT2D eigenvalue weighted by Crippen LogP contribution is 2.21. The summed E-state index contributed by atoms with van der Waals surface area (Å²) >= 11 is 3.61. The average Bonchev–Trinajstić information content (AvgIpc) is 2.16. The summed E-state index contributed by atoms with van der Waals surface area (Å²) in [7, 11) is 0. The molecule has 2 nitrogen and oxygen atoms in total. The third-order valence-electron chi connectivity index (χ3n) is 1.97. The second-order valence-electron chi connectivity index (χ2n) is 2.89. The minimum Gasteiger partial charge on any atom is -0.768 e. The quantitative estimate of drug-likeness (QED) is 0.701. The fourth-order valence-corrected chi connectivity index (χ4v) is 1.88. The molecule has 0 aliphatic rings. The van der Waals surface area contributed by atoms with Gasteiger partial charge in [0.1, 0.15) is 0 Å². The summed E-state index contributed by atoms with van der Waals surface area (Å²) in [6, 6.07) is 10.3. The Morgan fingerprint density at radius 3 is 2.50 bits per heavy atom. The molecule has 1 unspecified atom stereocenters. The van der Waals surface area contributed by atoms with E-state index in [0.717, 1.165) is 10.8 Å². The summed E-state index contributed by atoms with van der Waals surface area (Å²) in [6.45, 7) is 0. The molecule has 0 aromatic heterocycles. The van der Waals surface area contributed by atoms with Crippen LogP contribution in [0.2, 0.25) is 5.02 Å². The molecule has 2 aromatic rings.